The lowest BCUT2D eigenvalue weighted by atomic mass is 9.95. The summed E-state index contributed by atoms with van der Waals surface area (Å²) in [4.78, 5) is 13.2. The molecule has 0 aliphatic heterocycles. The van der Waals surface area contributed by atoms with E-state index < -0.39 is 0 Å². The second-order valence-electron chi connectivity index (χ2n) is 6.10. The number of hydrogen-bond acceptors (Lipinski definition) is 6. The summed E-state index contributed by atoms with van der Waals surface area (Å²) in [6.45, 7) is 0. The molecule has 1 atom stereocenters. The molecule has 5 nitrogen and oxygen atoms in total. The lowest BCUT2D eigenvalue weighted by molar-refractivity contribution is 0.324. The zero-order valence-electron chi connectivity index (χ0n) is 15.4. The van der Waals surface area contributed by atoms with Gasteiger partial charge in [-0.15, -0.1) is 11.8 Å². The summed E-state index contributed by atoms with van der Waals surface area (Å²) >= 11 is 1.43. The topological polar surface area (TPSA) is 70.8 Å². The molecule has 3 rings (SSSR count). The smallest absolute Gasteiger partial charge is 0.203 e. The van der Waals surface area contributed by atoms with Gasteiger partial charge in [-0.3, -0.25) is 4.79 Å². The van der Waals surface area contributed by atoms with E-state index >= 15 is 0 Å². The first kappa shape index (κ1) is 18.6. The molecule has 138 valence electrons. The van der Waals surface area contributed by atoms with Gasteiger partial charge < -0.3 is 19.9 Å². The van der Waals surface area contributed by atoms with E-state index in [2.05, 4.69) is 0 Å². The lowest BCUT2D eigenvalue weighted by Gasteiger charge is -2.19. The number of thioether (sulfide) groups is 1. The van der Waals surface area contributed by atoms with Crippen LogP contribution in [-0.4, -0.2) is 27.6 Å². The van der Waals surface area contributed by atoms with Crippen LogP contribution < -0.4 is 25.4 Å². The number of rotatable bonds is 4. The molecule has 1 aliphatic rings. The fourth-order valence-corrected chi connectivity index (χ4v) is 3.96. The minimum atomic E-state index is -0.228. The van der Waals surface area contributed by atoms with Gasteiger partial charge >= 0.3 is 0 Å². The predicted octanol–water partition coefficient (Wildman–Crippen LogP) is 3.41. The quantitative estimate of drug-likeness (QED) is 0.828. The van der Waals surface area contributed by atoms with E-state index in [4.69, 9.17) is 19.9 Å². The van der Waals surface area contributed by atoms with E-state index in [1.165, 1.54) is 11.8 Å². The molecule has 0 saturated carbocycles. The van der Waals surface area contributed by atoms with Crippen molar-refractivity contribution in [1.82, 2.24) is 0 Å². The van der Waals surface area contributed by atoms with Crippen molar-refractivity contribution in [3.05, 3.63) is 45.6 Å². The fourth-order valence-electron chi connectivity index (χ4n) is 3.50. The summed E-state index contributed by atoms with van der Waals surface area (Å²) < 4.78 is 16.8. The minimum Gasteiger partial charge on any atom is -0.493 e. The fraction of sp³-hybridized carbons (Fsp3) is 0.350. The molecule has 0 amide bonds. The van der Waals surface area contributed by atoms with Gasteiger partial charge in [-0.2, -0.15) is 0 Å². The number of nitrogens with two attached hydrogens (primary N) is 1. The molecule has 0 spiro atoms. The molecular weight excluding hydrogens is 350 g/mol. The molecule has 1 aliphatic carbocycles. The highest BCUT2D eigenvalue weighted by Gasteiger charge is 2.27. The summed E-state index contributed by atoms with van der Waals surface area (Å²) in [6.07, 6.45) is 3.39. The predicted molar refractivity (Wildman–Crippen MR) is 105 cm³/mol. The van der Waals surface area contributed by atoms with Gasteiger partial charge in [0.15, 0.2) is 16.9 Å². The SMILES string of the molecule is COc1cc2c(c(OC)c1OC)-c1ccc(SC)c(=O)cc1[C@H](N)CC2. The maximum atomic E-state index is 12.5. The first-order valence-electron chi connectivity index (χ1n) is 8.35. The molecule has 2 aromatic rings. The van der Waals surface area contributed by atoms with Crippen LogP contribution in [0.5, 0.6) is 17.2 Å². The van der Waals surface area contributed by atoms with Gasteiger partial charge in [0.05, 0.1) is 26.2 Å². The van der Waals surface area contributed by atoms with Gasteiger partial charge in [-0.05, 0) is 54.0 Å². The number of hydrogen-bond donors (Lipinski definition) is 1. The van der Waals surface area contributed by atoms with Crippen molar-refractivity contribution in [1.29, 1.82) is 0 Å². The number of methoxy groups -OCH3 is 3. The molecule has 2 aromatic carbocycles. The molecular formula is C20H23NO4S. The van der Waals surface area contributed by atoms with Crippen molar-refractivity contribution in [2.75, 3.05) is 27.6 Å². The maximum Gasteiger partial charge on any atom is 0.203 e. The summed E-state index contributed by atoms with van der Waals surface area (Å²) in [6, 6.07) is 7.22. The van der Waals surface area contributed by atoms with Crippen LogP contribution in [0, 0.1) is 0 Å². The number of benzene rings is 1. The van der Waals surface area contributed by atoms with E-state index in [0.717, 1.165) is 35.1 Å². The molecule has 0 heterocycles. The Morgan fingerprint density at radius 1 is 1.08 bits per heavy atom. The third-order valence-corrected chi connectivity index (χ3v) is 5.54. The van der Waals surface area contributed by atoms with Crippen molar-refractivity contribution >= 4 is 11.8 Å². The monoisotopic (exact) mass is 373 g/mol. The third-order valence-electron chi connectivity index (χ3n) is 4.77. The second kappa shape index (κ2) is 7.60. The third kappa shape index (κ3) is 3.04. The number of ether oxygens (including phenoxy) is 3. The van der Waals surface area contributed by atoms with Gasteiger partial charge in [0, 0.05) is 11.6 Å². The first-order chi connectivity index (χ1) is 12.5. The molecule has 0 saturated heterocycles. The Labute approximate surface area is 157 Å². The Morgan fingerprint density at radius 2 is 1.81 bits per heavy atom. The van der Waals surface area contributed by atoms with Crippen LogP contribution in [0.4, 0.5) is 0 Å². The average Bonchev–Trinajstić information content (AvgIpc) is 2.89. The molecule has 0 unspecified atom stereocenters. The van der Waals surface area contributed by atoms with Crippen molar-refractivity contribution in [2.45, 2.75) is 23.8 Å². The normalized spacial score (nSPS) is 15.5. The van der Waals surface area contributed by atoms with Crippen LogP contribution >= 0.6 is 11.8 Å². The zero-order chi connectivity index (χ0) is 18.8. The molecule has 0 aromatic heterocycles. The molecule has 26 heavy (non-hydrogen) atoms. The van der Waals surface area contributed by atoms with Gasteiger partial charge in [0.25, 0.3) is 0 Å². The minimum absolute atomic E-state index is 0.0166. The number of fused-ring (bicyclic) bond motifs is 3. The van der Waals surface area contributed by atoms with E-state index in [-0.39, 0.29) is 11.5 Å². The van der Waals surface area contributed by atoms with Crippen LogP contribution in [-0.2, 0) is 6.42 Å². The Hall–Kier alpha value is -2.18. The lowest BCUT2D eigenvalue weighted by Crippen LogP contribution is -2.12. The van der Waals surface area contributed by atoms with Gasteiger partial charge in [-0.25, -0.2) is 0 Å². The first-order valence-corrected chi connectivity index (χ1v) is 9.58. The van der Waals surface area contributed by atoms with Crippen molar-refractivity contribution in [3.63, 3.8) is 0 Å². The van der Waals surface area contributed by atoms with Gasteiger partial charge in [0.2, 0.25) is 5.75 Å². The molecule has 0 radical (unpaired) electrons. The standard InChI is InChI=1S/C20H23NO4S/c1-23-16-9-11-5-7-14(21)13-10-15(22)17(26-4)8-6-12(13)18(11)20(25-3)19(16)24-2/h6,8-10,14H,5,7,21H2,1-4H3/t14-/m1/s1. The van der Waals surface area contributed by atoms with Crippen molar-refractivity contribution in [3.8, 4) is 28.4 Å². The van der Waals surface area contributed by atoms with Crippen LogP contribution in [0.15, 0.2) is 34.0 Å². The molecule has 6 heteroatoms. The summed E-state index contributed by atoms with van der Waals surface area (Å²) in [7, 11) is 4.80. The molecule has 2 N–H and O–H groups in total. The van der Waals surface area contributed by atoms with E-state index in [1.807, 2.05) is 24.5 Å². The molecule has 0 fully saturated rings. The average molecular weight is 373 g/mol. The Kier molecular flexibility index (Phi) is 5.44. The summed E-state index contributed by atoms with van der Waals surface area (Å²) in [5, 5.41) is 0. The zero-order valence-corrected chi connectivity index (χ0v) is 16.2. The highest BCUT2D eigenvalue weighted by molar-refractivity contribution is 7.98. The Bertz CT molecular complexity index is 898. The van der Waals surface area contributed by atoms with Gasteiger partial charge in [-0.1, -0.05) is 6.07 Å². The molecule has 0 bridgehead atoms. The Morgan fingerprint density at radius 3 is 2.42 bits per heavy atom. The second-order valence-corrected chi connectivity index (χ2v) is 6.95. The van der Waals surface area contributed by atoms with Gasteiger partial charge in [0.1, 0.15) is 0 Å². The largest absolute Gasteiger partial charge is 0.493 e. The van der Waals surface area contributed by atoms with Crippen LogP contribution in [0.25, 0.3) is 11.1 Å². The van der Waals surface area contributed by atoms with Crippen LogP contribution in [0.3, 0.4) is 0 Å². The van der Waals surface area contributed by atoms with Crippen molar-refractivity contribution in [2.24, 2.45) is 5.73 Å². The highest BCUT2D eigenvalue weighted by atomic mass is 32.2. The van der Waals surface area contributed by atoms with E-state index in [0.29, 0.717) is 22.1 Å². The van der Waals surface area contributed by atoms with Crippen LogP contribution in [0.2, 0.25) is 0 Å². The maximum absolute atomic E-state index is 12.5. The summed E-state index contributed by atoms with van der Waals surface area (Å²) in [5.41, 5.74) is 10.1. The van der Waals surface area contributed by atoms with Crippen molar-refractivity contribution < 1.29 is 14.2 Å². The summed E-state index contributed by atoms with van der Waals surface area (Å²) in [5.74, 6) is 1.76. The number of aryl methyl sites for hydroxylation is 1. The van der Waals surface area contributed by atoms with Crippen LogP contribution in [0.1, 0.15) is 23.6 Å². The van der Waals surface area contributed by atoms with E-state index in [1.54, 1.807) is 27.4 Å². The van der Waals surface area contributed by atoms with E-state index in [9.17, 15) is 4.79 Å². The Balaban J connectivity index is 2.43. The highest BCUT2D eigenvalue weighted by Crippen LogP contribution is 2.49.